The lowest BCUT2D eigenvalue weighted by molar-refractivity contribution is 0.473. The maximum atomic E-state index is 11.5. The first-order valence-corrected chi connectivity index (χ1v) is 5.42. The van der Waals surface area contributed by atoms with Crippen LogP contribution >= 0.6 is 0 Å². The summed E-state index contributed by atoms with van der Waals surface area (Å²) in [5.41, 5.74) is 1.28. The van der Waals surface area contributed by atoms with Crippen LogP contribution in [0.15, 0.2) is 57.9 Å². The zero-order valence-corrected chi connectivity index (χ0v) is 9.33. The number of benzene rings is 1. The lowest BCUT2D eigenvalue weighted by Gasteiger charge is -2.04. The maximum Gasteiger partial charge on any atom is 0.336 e. The van der Waals surface area contributed by atoms with Crippen molar-refractivity contribution in [1.29, 1.82) is 0 Å². The molecule has 2 aromatic heterocycles. The zero-order valence-electron chi connectivity index (χ0n) is 9.33. The van der Waals surface area contributed by atoms with Crippen molar-refractivity contribution in [3.8, 4) is 17.0 Å². The first-order valence-electron chi connectivity index (χ1n) is 5.42. The van der Waals surface area contributed by atoms with E-state index in [9.17, 15) is 9.90 Å². The standard InChI is InChI=1S/C14H9NO3/c16-9-4-5-10-11(12-3-1-2-6-15-12)8-14(17)18-13(10)7-9/h1-8,16H. The van der Waals surface area contributed by atoms with Gasteiger partial charge in [0.15, 0.2) is 0 Å². The monoisotopic (exact) mass is 239 g/mol. The molecule has 3 aromatic rings. The summed E-state index contributed by atoms with van der Waals surface area (Å²) in [6, 6.07) is 11.6. The van der Waals surface area contributed by atoms with E-state index in [0.29, 0.717) is 16.8 Å². The number of phenolic OH excluding ortho intramolecular Hbond substituents is 1. The van der Waals surface area contributed by atoms with E-state index in [1.54, 1.807) is 18.3 Å². The number of hydrogen-bond donors (Lipinski definition) is 1. The van der Waals surface area contributed by atoms with Gasteiger partial charge in [-0.2, -0.15) is 0 Å². The smallest absolute Gasteiger partial charge is 0.336 e. The molecule has 3 rings (SSSR count). The van der Waals surface area contributed by atoms with Crippen molar-refractivity contribution in [1.82, 2.24) is 4.98 Å². The topological polar surface area (TPSA) is 63.3 Å². The predicted molar refractivity (Wildman–Crippen MR) is 67.4 cm³/mol. The van der Waals surface area contributed by atoms with E-state index in [1.165, 1.54) is 12.1 Å². The lowest BCUT2D eigenvalue weighted by Crippen LogP contribution is -1.98. The van der Waals surface area contributed by atoms with Crippen LogP contribution in [0.3, 0.4) is 0 Å². The van der Waals surface area contributed by atoms with Gasteiger partial charge in [0.1, 0.15) is 11.3 Å². The van der Waals surface area contributed by atoms with Gasteiger partial charge in [-0.05, 0) is 24.3 Å². The Morgan fingerprint density at radius 1 is 1.11 bits per heavy atom. The van der Waals surface area contributed by atoms with Crippen molar-refractivity contribution >= 4 is 11.0 Å². The minimum Gasteiger partial charge on any atom is -0.508 e. The van der Waals surface area contributed by atoms with Crippen molar-refractivity contribution < 1.29 is 9.52 Å². The molecule has 4 nitrogen and oxygen atoms in total. The van der Waals surface area contributed by atoms with Crippen LogP contribution in [-0.2, 0) is 0 Å². The molecule has 0 fully saturated rings. The van der Waals surface area contributed by atoms with Gasteiger partial charge in [0.05, 0.1) is 5.69 Å². The molecule has 0 aliphatic heterocycles. The molecule has 0 saturated carbocycles. The summed E-state index contributed by atoms with van der Waals surface area (Å²) in [6.07, 6.45) is 1.66. The first kappa shape index (κ1) is 10.5. The molecule has 0 unspecified atom stereocenters. The summed E-state index contributed by atoms with van der Waals surface area (Å²) in [6.45, 7) is 0. The van der Waals surface area contributed by atoms with E-state index in [-0.39, 0.29) is 5.75 Å². The highest BCUT2D eigenvalue weighted by molar-refractivity contribution is 5.92. The Bertz CT molecular complexity index is 763. The fraction of sp³-hybridized carbons (Fsp3) is 0. The third-order valence-electron chi connectivity index (χ3n) is 2.67. The van der Waals surface area contributed by atoms with Gasteiger partial charge in [-0.15, -0.1) is 0 Å². The number of pyridine rings is 1. The number of rotatable bonds is 1. The molecule has 0 radical (unpaired) electrons. The Hall–Kier alpha value is -2.62. The Balaban J connectivity index is 2.39. The van der Waals surface area contributed by atoms with Crippen LogP contribution in [0.25, 0.3) is 22.2 Å². The molecule has 4 heteroatoms. The fourth-order valence-corrected chi connectivity index (χ4v) is 1.89. The number of aromatic nitrogens is 1. The van der Waals surface area contributed by atoms with E-state index in [2.05, 4.69) is 4.98 Å². The molecule has 0 saturated heterocycles. The van der Waals surface area contributed by atoms with E-state index in [4.69, 9.17) is 4.42 Å². The van der Waals surface area contributed by atoms with Gasteiger partial charge < -0.3 is 9.52 Å². The molecule has 0 aliphatic rings. The molecular formula is C14H9NO3. The summed E-state index contributed by atoms with van der Waals surface area (Å²) < 4.78 is 5.06. The average molecular weight is 239 g/mol. The van der Waals surface area contributed by atoms with Crippen LogP contribution in [0.4, 0.5) is 0 Å². The van der Waals surface area contributed by atoms with Gasteiger partial charge in [-0.1, -0.05) is 6.07 Å². The molecule has 0 amide bonds. The summed E-state index contributed by atoms with van der Waals surface area (Å²) in [5, 5.41) is 10.1. The summed E-state index contributed by atoms with van der Waals surface area (Å²) in [4.78, 5) is 15.7. The van der Waals surface area contributed by atoms with Crippen LogP contribution in [0.1, 0.15) is 0 Å². The highest BCUT2D eigenvalue weighted by Gasteiger charge is 2.08. The Labute approximate surface area is 102 Å². The minimum atomic E-state index is -0.464. The van der Waals surface area contributed by atoms with E-state index in [1.807, 2.05) is 18.2 Å². The van der Waals surface area contributed by atoms with Crippen molar-refractivity contribution in [2.24, 2.45) is 0 Å². The van der Waals surface area contributed by atoms with Crippen LogP contribution in [0.2, 0.25) is 0 Å². The second-order valence-electron chi connectivity index (χ2n) is 3.87. The zero-order chi connectivity index (χ0) is 12.5. The third kappa shape index (κ3) is 1.73. The molecule has 0 bridgehead atoms. The molecule has 88 valence electrons. The molecule has 2 heterocycles. The van der Waals surface area contributed by atoms with Crippen LogP contribution in [0, 0.1) is 0 Å². The second kappa shape index (κ2) is 4.00. The van der Waals surface area contributed by atoms with E-state index < -0.39 is 5.63 Å². The molecule has 0 spiro atoms. The molecule has 1 N–H and O–H groups in total. The van der Waals surface area contributed by atoms with Crippen LogP contribution < -0.4 is 5.63 Å². The van der Waals surface area contributed by atoms with Gasteiger partial charge in [-0.3, -0.25) is 4.98 Å². The molecular weight excluding hydrogens is 230 g/mol. The highest BCUT2D eigenvalue weighted by atomic mass is 16.4. The highest BCUT2D eigenvalue weighted by Crippen LogP contribution is 2.27. The minimum absolute atomic E-state index is 0.0591. The summed E-state index contributed by atoms with van der Waals surface area (Å²) in [5.74, 6) is 0.0591. The van der Waals surface area contributed by atoms with Gasteiger partial charge >= 0.3 is 5.63 Å². The quantitative estimate of drug-likeness (QED) is 0.663. The van der Waals surface area contributed by atoms with Gasteiger partial charge in [0.25, 0.3) is 0 Å². The molecule has 0 aliphatic carbocycles. The third-order valence-corrected chi connectivity index (χ3v) is 2.67. The Morgan fingerprint density at radius 2 is 2.00 bits per heavy atom. The first-order chi connectivity index (χ1) is 8.74. The molecule has 18 heavy (non-hydrogen) atoms. The Kier molecular flexibility index (Phi) is 2.34. The van der Waals surface area contributed by atoms with Crippen molar-refractivity contribution in [3.63, 3.8) is 0 Å². The summed E-state index contributed by atoms with van der Waals surface area (Å²) in [7, 11) is 0. The SMILES string of the molecule is O=c1cc(-c2ccccn2)c2ccc(O)cc2o1. The van der Waals surface area contributed by atoms with E-state index >= 15 is 0 Å². The number of aromatic hydroxyl groups is 1. The average Bonchev–Trinajstić information content (AvgIpc) is 2.38. The predicted octanol–water partition coefficient (Wildman–Crippen LogP) is 2.56. The van der Waals surface area contributed by atoms with Gasteiger partial charge in [-0.25, -0.2) is 4.79 Å². The second-order valence-corrected chi connectivity index (χ2v) is 3.87. The Morgan fingerprint density at radius 3 is 2.78 bits per heavy atom. The maximum absolute atomic E-state index is 11.5. The lowest BCUT2D eigenvalue weighted by atomic mass is 10.1. The van der Waals surface area contributed by atoms with E-state index in [0.717, 1.165) is 5.39 Å². The van der Waals surface area contributed by atoms with Gasteiger partial charge in [0, 0.05) is 29.3 Å². The number of fused-ring (bicyclic) bond motifs is 1. The van der Waals surface area contributed by atoms with Crippen molar-refractivity contribution in [2.75, 3.05) is 0 Å². The van der Waals surface area contributed by atoms with Gasteiger partial charge in [0.2, 0.25) is 0 Å². The van der Waals surface area contributed by atoms with Crippen molar-refractivity contribution in [2.45, 2.75) is 0 Å². The normalized spacial score (nSPS) is 10.7. The summed E-state index contributed by atoms with van der Waals surface area (Å²) >= 11 is 0. The number of hydrogen-bond acceptors (Lipinski definition) is 4. The van der Waals surface area contributed by atoms with Crippen molar-refractivity contribution in [3.05, 3.63) is 59.1 Å². The number of phenols is 1. The largest absolute Gasteiger partial charge is 0.508 e. The number of nitrogens with zero attached hydrogens (tertiary/aromatic N) is 1. The molecule has 1 aromatic carbocycles. The van der Waals surface area contributed by atoms with Crippen LogP contribution in [-0.4, -0.2) is 10.1 Å². The fourth-order valence-electron chi connectivity index (χ4n) is 1.89. The molecule has 0 atom stereocenters. The van der Waals surface area contributed by atoms with Crippen LogP contribution in [0.5, 0.6) is 5.75 Å².